The molecule has 0 spiro atoms. The Balaban J connectivity index is 4.18. The normalized spacial score (nSPS) is 12.9. The van der Waals surface area contributed by atoms with Gasteiger partial charge in [-0.1, -0.05) is 271 Å². The number of allylic oxidation sites excluding steroid dienone is 18. The molecule has 0 aromatic heterocycles. The number of rotatable bonds is 55. The minimum absolute atomic E-state index is 0.0922. The summed E-state index contributed by atoms with van der Waals surface area (Å²) in [5, 5.41) is 0. The third-order valence-electron chi connectivity index (χ3n) is 13.0. The van der Waals surface area contributed by atoms with Gasteiger partial charge in [-0.25, -0.2) is 0 Å². The number of ether oxygens (including phenoxy) is 3. The second kappa shape index (κ2) is 61.6. The standard InChI is InChI=1S/C68H114O6/c1-4-7-10-13-16-19-22-24-26-27-28-29-30-31-32-33-34-35-36-37-38-39-40-41-43-44-46-49-52-55-58-61-67(70)73-64-65(63-72-66(69)60-57-54-51-48-21-18-15-12-9-6-3)74-68(71)62-59-56-53-50-47-45-42-25-23-20-17-14-11-8-5-2/h7-8,10-11,16-17,19-20,24-26,28-29,31-32,42,47,50,65H,4-6,9,12-15,18,21-23,27,30,33-41,43-46,48-49,51-64H2,1-3H3/b10-7-,11-8-,19-16-,20-17-,26-24-,29-28-,32-31-,42-25-,50-47-. The predicted molar refractivity (Wildman–Crippen MR) is 320 cm³/mol. The van der Waals surface area contributed by atoms with Crippen LogP contribution in [0.2, 0.25) is 0 Å². The molecule has 6 heteroatoms. The SMILES string of the molecule is CC/C=C\C/C=C\C/C=C\C/C=C\C/C=C\CCCCCCCCCCCCCCCCCC(=O)OCC(COC(=O)CCCCCCCCCCCC)OC(=O)CCCC/C=C\C/C=C\C/C=C\C/C=C\CC. The van der Waals surface area contributed by atoms with Gasteiger partial charge in [0.2, 0.25) is 0 Å². The fourth-order valence-electron chi connectivity index (χ4n) is 8.46. The monoisotopic (exact) mass is 1030 g/mol. The second-order valence-electron chi connectivity index (χ2n) is 20.2. The van der Waals surface area contributed by atoms with Crippen molar-refractivity contribution >= 4 is 17.9 Å². The summed E-state index contributed by atoms with van der Waals surface area (Å²) in [7, 11) is 0. The summed E-state index contributed by atoms with van der Waals surface area (Å²) in [4.78, 5) is 38.1. The van der Waals surface area contributed by atoms with Crippen LogP contribution in [-0.2, 0) is 28.6 Å². The molecule has 0 rings (SSSR count). The molecule has 1 atom stereocenters. The Bertz CT molecular complexity index is 1510. The predicted octanol–water partition coefficient (Wildman–Crippen LogP) is 21.0. The molecule has 0 bridgehead atoms. The maximum atomic E-state index is 12.8. The van der Waals surface area contributed by atoms with E-state index in [1.54, 1.807) is 0 Å². The minimum atomic E-state index is -0.798. The lowest BCUT2D eigenvalue weighted by Gasteiger charge is -2.18. The zero-order chi connectivity index (χ0) is 53.6. The van der Waals surface area contributed by atoms with E-state index in [4.69, 9.17) is 14.2 Å². The largest absolute Gasteiger partial charge is 0.462 e. The van der Waals surface area contributed by atoms with E-state index in [1.807, 2.05) is 0 Å². The molecule has 0 saturated heterocycles. The number of unbranched alkanes of at least 4 members (excludes halogenated alkanes) is 26. The van der Waals surface area contributed by atoms with Crippen LogP contribution in [-0.4, -0.2) is 37.2 Å². The molecule has 6 nitrogen and oxygen atoms in total. The van der Waals surface area contributed by atoms with Crippen LogP contribution in [0.5, 0.6) is 0 Å². The highest BCUT2D eigenvalue weighted by molar-refractivity contribution is 5.71. The van der Waals surface area contributed by atoms with E-state index in [0.717, 1.165) is 109 Å². The van der Waals surface area contributed by atoms with Crippen molar-refractivity contribution in [1.29, 1.82) is 0 Å². The van der Waals surface area contributed by atoms with E-state index in [9.17, 15) is 14.4 Å². The smallest absolute Gasteiger partial charge is 0.306 e. The second-order valence-corrected chi connectivity index (χ2v) is 20.2. The van der Waals surface area contributed by atoms with E-state index in [2.05, 4.69) is 130 Å². The molecule has 0 aliphatic heterocycles. The fourth-order valence-corrected chi connectivity index (χ4v) is 8.46. The van der Waals surface area contributed by atoms with Crippen LogP contribution in [0.15, 0.2) is 109 Å². The first kappa shape index (κ1) is 70.1. The molecule has 0 aliphatic rings. The molecule has 0 heterocycles. The maximum absolute atomic E-state index is 12.8. The molecule has 0 aliphatic carbocycles. The van der Waals surface area contributed by atoms with Crippen molar-refractivity contribution in [3.63, 3.8) is 0 Å². The first-order valence-electron chi connectivity index (χ1n) is 30.9. The van der Waals surface area contributed by atoms with Crippen molar-refractivity contribution in [2.45, 2.75) is 290 Å². The number of carbonyl (C=O) groups excluding carboxylic acids is 3. The summed E-state index contributed by atoms with van der Waals surface area (Å²) < 4.78 is 16.8. The van der Waals surface area contributed by atoms with Gasteiger partial charge >= 0.3 is 17.9 Å². The van der Waals surface area contributed by atoms with Gasteiger partial charge in [-0.15, -0.1) is 0 Å². The Morgan fingerprint density at radius 2 is 0.527 bits per heavy atom. The molecule has 1 unspecified atom stereocenters. The van der Waals surface area contributed by atoms with Gasteiger partial charge in [0.15, 0.2) is 6.10 Å². The van der Waals surface area contributed by atoms with Crippen LogP contribution in [0.4, 0.5) is 0 Å². The lowest BCUT2D eigenvalue weighted by molar-refractivity contribution is -0.167. The van der Waals surface area contributed by atoms with Crippen LogP contribution in [0.1, 0.15) is 284 Å². The topological polar surface area (TPSA) is 78.9 Å². The molecule has 0 amide bonds. The Hall–Kier alpha value is -3.93. The minimum Gasteiger partial charge on any atom is -0.462 e. The van der Waals surface area contributed by atoms with Gasteiger partial charge in [0.1, 0.15) is 13.2 Å². The van der Waals surface area contributed by atoms with E-state index >= 15 is 0 Å². The average molecular weight is 1030 g/mol. The summed E-state index contributed by atoms with van der Waals surface area (Å²) in [5.41, 5.74) is 0. The molecule has 422 valence electrons. The zero-order valence-corrected chi connectivity index (χ0v) is 48.3. The number of hydrogen-bond acceptors (Lipinski definition) is 6. The highest BCUT2D eigenvalue weighted by Gasteiger charge is 2.19. The van der Waals surface area contributed by atoms with Crippen LogP contribution >= 0.6 is 0 Å². The summed E-state index contributed by atoms with van der Waals surface area (Å²) in [6.07, 6.45) is 84.0. The number of esters is 3. The molecular weight excluding hydrogens is 913 g/mol. The summed E-state index contributed by atoms with van der Waals surface area (Å²) in [5.74, 6) is -0.931. The van der Waals surface area contributed by atoms with Crippen molar-refractivity contribution in [3.8, 4) is 0 Å². The highest BCUT2D eigenvalue weighted by Crippen LogP contribution is 2.16. The number of carbonyl (C=O) groups is 3. The van der Waals surface area contributed by atoms with Crippen LogP contribution in [0.3, 0.4) is 0 Å². The number of hydrogen-bond donors (Lipinski definition) is 0. The van der Waals surface area contributed by atoms with Gasteiger partial charge < -0.3 is 14.2 Å². The Labute approximate surface area is 457 Å². The Morgan fingerprint density at radius 1 is 0.284 bits per heavy atom. The third-order valence-corrected chi connectivity index (χ3v) is 13.0. The molecule has 0 aromatic carbocycles. The van der Waals surface area contributed by atoms with Crippen LogP contribution < -0.4 is 0 Å². The van der Waals surface area contributed by atoms with Gasteiger partial charge in [-0.05, 0) is 103 Å². The van der Waals surface area contributed by atoms with E-state index in [-0.39, 0.29) is 37.5 Å². The summed E-state index contributed by atoms with van der Waals surface area (Å²) in [6.45, 7) is 6.37. The molecule has 74 heavy (non-hydrogen) atoms. The third kappa shape index (κ3) is 59.0. The first-order chi connectivity index (χ1) is 36.5. The molecular formula is C68H114O6. The van der Waals surface area contributed by atoms with Crippen molar-refractivity contribution in [3.05, 3.63) is 109 Å². The molecule has 0 fully saturated rings. The average Bonchev–Trinajstić information content (AvgIpc) is 3.40. The van der Waals surface area contributed by atoms with E-state index in [1.165, 1.54) is 128 Å². The van der Waals surface area contributed by atoms with Crippen LogP contribution in [0, 0.1) is 0 Å². The lowest BCUT2D eigenvalue weighted by atomic mass is 10.0. The molecule has 0 radical (unpaired) electrons. The van der Waals surface area contributed by atoms with Crippen molar-refractivity contribution in [2.75, 3.05) is 13.2 Å². The van der Waals surface area contributed by atoms with Gasteiger partial charge in [0, 0.05) is 19.3 Å². The van der Waals surface area contributed by atoms with Crippen molar-refractivity contribution in [2.24, 2.45) is 0 Å². The fraction of sp³-hybridized carbons (Fsp3) is 0.691. The van der Waals surface area contributed by atoms with Crippen molar-refractivity contribution in [1.82, 2.24) is 0 Å². The van der Waals surface area contributed by atoms with Crippen molar-refractivity contribution < 1.29 is 28.6 Å². The zero-order valence-electron chi connectivity index (χ0n) is 48.3. The maximum Gasteiger partial charge on any atom is 0.306 e. The van der Waals surface area contributed by atoms with Gasteiger partial charge in [-0.3, -0.25) is 14.4 Å². The van der Waals surface area contributed by atoms with E-state index in [0.29, 0.717) is 19.3 Å². The quantitative estimate of drug-likeness (QED) is 0.0261. The summed E-state index contributed by atoms with van der Waals surface area (Å²) in [6, 6.07) is 0. The van der Waals surface area contributed by atoms with Crippen LogP contribution in [0.25, 0.3) is 0 Å². The Kier molecular flexibility index (Phi) is 58.3. The van der Waals surface area contributed by atoms with E-state index < -0.39 is 6.10 Å². The summed E-state index contributed by atoms with van der Waals surface area (Å²) >= 11 is 0. The lowest BCUT2D eigenvalue weighted by Crippen LogP contribution is -2.30. The molecule has 0 aromatic rings. The van der Waals surface area contributed by atoms with Gasteiger partial charge in [-0.2, -0.15) is 0 Å². The van der Waals surface area contributed by atoms with Gasteiger partial charge in [0.05, 0.1) is 0 Å². The highest BCUT2D eigenvalue weighted by atomic mass is 16.6. The molecule has 0 N–H and O–H groups in total. The molecule has 0 saturated carbocycles. The Morgan fingerprint density at radius 3 is 0.851 bits per heavy atom. The van der Waals surface area contributed by atoms with Gasteiger partial charge in [0.25, 0.3) is 0 Å². The first-order valence-corrected chi connectivity index (χ1v) is 30.9.